The molecule has 20 heavy (non-hydrogen) atoms. The van der Waals surface area contributed by atoms with Crippen LogP contribution in [-0.2, 0) is 0 Å². The summed E-state index contributed by atoms with van der Waals surface area (Å²) < 4.78 is 0. The monoisotopic (exact) mass is 280 g/mol. The van der Waals surface area contributed by atoms with Crippen molar-refractivity contribution in [2.45, 2.75) is 66.2 Å². The summed E-state index contributed by atoms with van der Waals surface area (Å²) in [5.41, 5.74) is 1.12. The SMILES string of the molecule is CCCC1(CN2CCC(C(C)(C)C)CC2)CCNCC1. The van der Waals surface area contributed by atoms with Crippen LogP contribution in [0.15, 0.2) is 0 Å². The van der Waals surface area contributed by atoms with Gasteiger partial charge in [-0.05, 0) is 75.0 Å². The van der Waals surface area contributed by atoms with Crippen LogP contribution in [0.4, 0.5) is 0 Å². The first kappa shape index (κ1) is 16.3. The Hall–Kier alpha value is -0.0800. The molecule has 1 N–H and O–H groups in total. The molecule has 2 saturated heterocycles. The van der Waals surface area contributed by atoms with Crippen molar-refractivity contribution in [3.63, 3.8) is 0 Å². The van der Waals surface area contributed by atoms with Crippen molar-refractivity contribution in [3.05, 3.63) is 0 Å². The van der Waals surface area contributed by atoms with Crippen molar-refractivity contribution in [1.29, 1.82) is 0 Å². The molecule has 0 bridgehead atoms. The van der Waals surface area contributed by atoms with Gasteiger partial charge < -0.3 is 10.2 Å². The Bertz CT molecular complexity index is 273. The fourth-order valence-corrected chi connectivity index (χ4v) is 4.41. The van der Waals surface area contributed by atoms with Crippen LogP contribution in [0, 0.1) is 16.7 Å². The Morgan fingerprint density at radius 3 is 2.20 bits per heavy atom. The topological polar surface area (TPSA) is 15.3 Å². The molecule has 2 heterocycles. The standard InChI is InChI=1S/C18H36N2/c1-5-8-18(9-11-19-12-10-18)15-20-13-6-16(7-14-20)17(2,3)4/h16,19H,5-15H2,1-4H3. The molecule has 0 aromatic heterocycles. The van der Waals surface area contributed by atoms with Crippen LogP contribution in [0.1, 0.15) is 66.2 Å². The Morgan fingerprint density at radius 2 is 1.70 bits per heavy atom. The summed E-state index contributed by atoms with van der Waals surface area (Å²) in [6.07, 6.45) is 8.36. The Kier molecular flexibility index (Phi) is 5.53. The maximum Gasteiger partial charge on any atom is 0.00389 e. The van der Waals surface area contributed by atoms with Crippen LogP contribution in [0.2, 0.25) is 0 Å². The quantitative estimate of drug-likeness (QED) is 0.840. The first-order chi connectivity index (χ1) is 9.45. The lowest BCUT2D eigenvalue weighted by atomic mass is 9.73. The molecule has 0 saturated carbocycles. The Labute approximate surface area is 126 Å². The number of piperidine rings is 2. The predicted molar refractivity (Wildman–Crippen MR) is 88.1 cm³/mol. The highest BCUT2D eigenvalue weighted by Gasteiger charge is 2.35. The smallest absolute Gasteiger partial charge is 0.00389 e. The molecule has 0 amide bonds. The number of likely N-dealkylation sites (tertiary alicyclic amines) is 1. The molecule has 0 radical (unpaired) electrons. The van der Waals surface area contributed by atoms with Crippen molar-refractivity contribution in [3.8, 4) is 0 Å². The van der Waals surface area contributed by atoms with Crippen LogP contribution in [-0.4, -0.2) is 37.6 Å². The molecule has 2 aliphatic heterocycles. The molecule has 2 heteroatoms. The predicted octanol–water partition coefficient (Wildman–Crippen LogP) is 3.91. The summed E-state index contributed by atoms with van der Waals surface area (Å²) in [6.45, 7) is 16.1. The van der Waals surface area contributed by atoms with E-state index in [-0.39, 0.29) is 0 Å². The van der Waals surface area contributed by atoms with Crippen molar-refractivity contribution in [2.24, 2.45) is 16.7 Å². The second kappa shape index (κ2) is 6.79. The third-order valence-corrected chi connectivity index (χ3v) is 5.82. The largest absolute Gasteiger partial charge is 0.317 e. The van der Waals surface area contributed by atoms with E-state index >= 15 is 0 Å². The van der Waals surface area contributed by atoms with E-state index in [0.29, 0.717) is 10.8 Å². The van der Waals surface area contributed by atoms with Crippen molar-refractivity contribution < 1.29 is 0 Å². The van der Waals surface area contributed by atoms with Crippen LogP contribution < -0.4 is 5.32 Å². The van der Waals surface area contributed by atoms with Crippen molar-refractivity contribution in [1.82, 2.24) is 10.2 Å². The zero-order chi connectivity index (χ0) is 14.6. The molecule has 118 valence electrons. The molecular formula is C18H36N2. The average molecular weight is 280 g/mol. The third-order valence-electron chi connectivity index (χ3n) is 5.82. The minimum absolute atomic E-state index is 0.502. The van der Waals surface area contributed by atoms with Crippen molar-refractivity contribution >= 4 is 0 Å². The van der Waals surface area contributed by atoms with E-state index in [4.69, 9.17) is 0 Å². The fraction of sp³-hybridized carbons (Fsp3) is 1.00. The van der Waals surface area contributed by atoms with Gasteiger partial charge in [-0.1, -0.05) is 34.1 Å². The summed E-state index contributed by atoms with van der Waals surface area (Å²) in [7, 11) is 0. The molecule has 0 unspecified atom stereocenters. The molecule has 0 aliphatic carbocycles. The minimum atomic E-state index is 0.502. The summed E-state index contributed by atoms with van der Waals surface area (Å²) in [4.78, 5) is 2.78. The molecule has 2 nitrogen and oxygen atoms in total. The highest BCUT2D eigenvalue weighted by molar-refractivity contribution is 4.89. The third kappa shape index (κ3) is 4.21. The lowest BCUT2D eigenvalue weighted by molar-refractivity contribution is 0.0542. The molecule has 0 atom stereocenters. The number of nitrogens with zero attached hydrogens (tertiary/aromatic N) is 1. The van der Waals surface area contributed by atoms with Crippen LogP contribution >= 0.6 is 0 Å². The molecule has 0 aromatic rings. The van der Waals surface area contributed by atoms with Gasteiger partial charge in [-0.25, -0.2) is 0 Å². The molecule has 0 aromatic carbocycles. The van der Waals surface area contributed by atoms with Crippen LogP contribution in [0.3, 0.4) is 0 Å². The van der Waals surface area contributed by atoms with E-state index in [0.717, 1.165) is 5.92 Å². The number of nitrogens with one attached hydrogen (secondary N) is 1. The maximum absolute atomic E-state index is 3.54. The second-order valence-corrected chi connectivity index (χ2v) is 8.42. The zero-order valence-corrected chi connectivity index (χ0v) is 14.3. The molecule has 2 rings (SSSR count). The van der Waals surface area contributed by atoms with Crippen molar-refractivity contribution in [2.75, 3.05) is 32.7 Å². The van der Waals surface area contributed by atoms with Gasteiger partial charge >= 0.3 is 0 Å². The van der Waals surface area contributed by atoms with Gasteiger partial charge in [0, 0.05) is 6.54 Å². The number of rotatable bonds is 4. The second-order valence-electron chi connectivity index (χ2n) is 8.42. The fourth-order valence-electron chi connectivity index (χ4n) is 4.41. The van der Waals surface area contributed by atoms with Gasteiger partial charge in [0.25, 0.3) is 0 Å². The normalized spacial score (nSPS) is 25.8. The minimum Gasteiger partial charge on any atom is -0.317 e. The summed E-state index contributed by atoms with van der Waals surface area (Å²) in [5.74, 6) is 0.925. The van der Waals surface area contributed by atoms with E-state index in [1.165, 1.54) is 71.2 Å². The maximum atomic E-state index is 3.54. The van der Waals surface area contributed by atoms with Gasteiger partial charge in [0.05, 0.1) is 0 Å². The average Bonchev–Trinajstić information content (AvgIpc) is 2.39. The summed E-state index contributed by atoms with van der Waals surface area (Å²) in [6, 6.07) is 0. The van der Waals surface area contributed by atoms with Gasteiger partial charge in [-0.2, -0.15) is 0 Å². The Morgan fingerprint density at radius 1 is 1.10 bits per heavy atom. The highest BCUT2D eigenvalue weighted by atomic mass is 15.1. The van der Waals surface area contributed by atoms with Gasteiger partial charge in [0.15, 0.2) is 0 Å². The Balaban J connectivity index is 1.86. The van der Waals surface area contributed by atoms with Gasteiger partial charge in [-0.15, -0.1) is 0 Å². The number of hydrogen-bond acceptors (Lipinski definition) is 2. The van der Waals surface area contributed by atoms with E-state index < -0.39 is 0 Å². The molecule has 2 aliphatic rings. The zero-order valence-electron chi connectivity index (χ0n) is 14.3. The van der Waals surface area contributed by atoms with Gasteiger partial charge in [0.2, 0.25) is 0 Å². The molecule has 2 fully saturated rings. The highest BCUT2D eigenvalue weighted by Crippen LogP contribution is 2.38. The van der Waals surface area contributed by atoms with Crippen LogP contribution in [0.5, 0.6) is 0 Å². The van der Waals surface area contributed by atoms with E-state index in [2.05, 4.69) is 37.9 Å². The summed E-state index contributed by atoms with van der Waals surface area (Å²) >= 11 is 0. The van der Waals surface area contributed by atoms with E-state index in [1.807, 2.05) is 0 Å². The van der Waals surface area contributed by atoms with E-state index in [1.54, 1.807) is 0 Å². The first-order valence-electron chi connectivity index (χ1n) is 8.88. The van der Waals surface area contributed by atoms with Crippen LogP contribution in [0.25, 0.3) is 0 Å². The molecule has 0 spiro atoms. The van der Waals surface area contributed by atoms with E-state index in [9.17, 15) is 0 Å². The van der Waals surface area contributed by atoms with Gasteiger partial charge in [-0.3, -0.25) is 0 Å². The molecular weight excluding hydrogens is 244 g/mol. The van der Waals surface area contributed by atoms with Gasteiger partial charge in [0.1, 0.15) is 0 Å². The number of hydrogen-bond donors (Lipinski definition) is 1. The summed E-state index contributed by atoms with van der Waals surface area (Å²) in [5, 5.41) is 3.54. The lowest BCUT2D eigenvalue weighted by Gasteiger charge is -2.45. The lowest BCUT2D eigenvalue weighted by Crippen LogP contribution is -2.47. The first-order valence-corrected chi connectivity index (χ1v) is 8.88.